The van der Waals surface area contributed by atoms with Crippen LogP contribution in [-0.2, 0) is 0 Å². The monoisotopic (exact) mass is 329 g/mol. The summed E-state index contributed by atoms with van der Waals surface area (Å²) >= 11 is 0. The van der Waals surface area contributed by atoms with Gasteiger partial charge in [-0.15, -0.1) is 0 Å². The van der Waals surface area contributed by atoms with Gasteiger partial charge in [0.1, 0.15) is 0 Å². The van der Waals surface area contributed by atoms with E-state index in [-0.39, 0.29) is 6.54 Å². The molecular weight excluding hydrogens is 296 g/mol. The van der Waals surface area contributed by atoms with Gasteiger partial charge in [-0.25, -0.2) is 8.78 Å². The van der Waals surface area contributed by atoms with Gasteiger partial charge in [-0.3, -0.25) is 4.90 Å². The van der Waals surface area contributed by atoms with Crippen LogP contribution in [0.2, 0.25) is 0 Å². The van der Waals surface area contributed by atoms with Crippen molar-refractivity contribution >= 4 is 0 Å². The third-order valence-electron chi connectivity index (χ3n) is 6.37. The van der Waals surface area contributed by atoms with Gasteiger partial charge in [0, 0.05) is 19.6 Å². The highest BCUT2D eigenvalue weighted by atomic mass is 19.3. The van der Waals surface area contributed by atoms with Crippen molar-refractivity contribution in [3.05, 3.63) is 0 Å². The third kappa shape index (κ3) is 3.57. The van der Waals surface area contributed by atoms with Gasteiger partial charge in [-0.05, 0) is 64.3 Å². The van der Waals surface area contributed by atoms with Crippen molar-refractivity contribution in [2.75, 3.05) is 58.9 Å². The lowest BCUT2D eigenvalue weighted by molar-refractivity contribution is -0.224. The Kier molecular flexibility index (Phi) is 5.29. The summed E-state index contributed by atoms with van der Waals surface area (Å²) in [6, 6.07) is 0. The molecule has 0 radical (unpaired) electrons. The Balaban J connectivity index is 1.47. The second-order valence-electron chi connectivity index (χ2n) is 8.06. The van der Waals surface area contributed by atoms with Gasteiger partial charge in [0.15, 0.2) is 0 Å². The van der Waals surface area contributed by atoms with Gasteiger partial charge in [0.25, 0.3) is 5.92 Å². The molecule has 0 aromatic rings. The van der Waals surface area contributed by atoms with Crippen LogP contribution in [0.3, 0.4) is 0 Å². The van der Waals surface area contributed by atoms with Gasteiger partial charge >= 0.3 is 0 Å². The van der Waals surface area contributed by atoms with Crippen LogP contribution in [0, 0.1) is 11.3 Å². The smallest absolute Gasteiger partial charge is 0.268 e. The van der Waals surface area contributed by atoms with E-state index in [1.807, 2.05) is 0 Å². The molecule has 0 aliphatic carbocycles. The molecule has 3 nitrogen and oxygen atoms in total. The van der Waals surface area contributed by atoms with E-state index in [0.717, 1.165) is 32.7 Å². The maximum absolute atomic E-state index is 14.7. The molecule has 0 saturated carbocycles. The summed E-state index contributed by atoms with van der Waals surface area (Å²) in [7, 11) is 0. The Morgan fingerprint density at radius 1 is 0.913 bits per heavy atom. The van der Waals surface area contributed by atoms with Crippen molar-refractivity contribution in [3.8, 4) is 0 Å². The highest BCUT2D eigenvalue weighted by molar-refractivity contribution is 5.07. The largest absolute Gasteiger partial charge is 0.303 e. The van der Waals surface area contributed by atoms with E-state index in [0.29, 0.717) is 25.4 Å². The fourth-order valence-corrected chi connectivity index (χ4v) is 4.74. The van der Waals surface area contributed by atoms with Gasteiger partial charge in [0.05, 0.1) is 12.0 Å². The summed E-state index contributed by atoms with van der Waals surface area (Å²) in [5, 5.41) is 0. The van der Waals surface area contributed by atoms with Crippen molar-refractivity contribution in [1.82, 2.24) is 14.7 Å². The summed E-state index contributed by atoms with van der Waals surface area (Å²) < 4.78 is 29.4. The van der Waals surface area contributed by atoms with Crippen molar-refractivity contribution in [2.24, 2.45) is 11.3 Å². The van der Waals surface area contributed by atoms with Gasteiger partial charge in [-0.1, -0.05) is 13.8 Å². The molecule has 3 heterocycles. The Labute approximate surface area is 140 Å². The Morgan fingerprint density at radius 3 is 2.17 bits per heavy atom. The molecule has 23 heavy (non-hydrogen) atoms. The average molecular weight is 329 g/mol. The fraction of sp³-hybridized carbons (Fsp3) is 1.00. The first-order chi connectivity index (χ1) is 11.0. The van der Waals surface area contributed by atoms with Crippen molar-refractivity contribution < 1.29 is 8.78 Å². The quantitative estimate of drug-likeness (QED) is 0.768. The van der Waals surface area contributed by atoms with Crippen molar-refractivity contribution in [1.29, 1.82) is 0 Å². The van der Waals surface area contributed by atoms with Crippen LogP contribution in [0.1, 0.15) is 39.5 Å². The summed E-state index contributed by atoms with van der Waals surface area (Å²) in [5.74, 6) is -1.90. The summed E-state index contributed by atoms with van der Waals surface area (Å²) in [4.78, 5) is 6.72. The topological polar surface area (TPSA) is 9.72 Å². The van der Waals surface area contributed by atoms with Crippen molar-refractivity contribution in [3.63, 3.8) is 0 Å². The zero-order valence-electron chi connectivity index (χ0n) is 14.9. The highest BCUT2D eigenvalue weighted by Gasteiger charge is 2.61. The Morgan fingerprint density at radius 2 is 1.61 bits per heavy atom. The second-order valence-corrected chi connectivity index (χ2v) is 8.06. The van der Waals surface area contributed by atoms with E-state index < -0.39 is 11.3 Å². The van der Waals surface area contributed by atoms with Crippen LogP contribution in [0.25, 0.3) is 0 Å². The zero-order valence-corrected chi connectivity index (χ0v) is 14.9. The highest BCUT2D eigenvalue weighted by Crippen LogP contribution is 2.50. The molecule has 0 bridgehead atoms. The van der Waals surface area contributed by atoms with Gasteiger partial charge < -0.3 is 9.80 Å². The normalized spacial score (nSPS) is 29.7. The molecule has 134 valence electrons. The van der Waals surface area contributed by atoms with E-state index in [4.69, 9.17) is 0 Å². The molecule has 3 aliphatic heterocycles. The fourth-order valence-electron chi connectivity index (χ4n) is 4.74. The molecule has 3 rings (SSSR count). The first kappa shape index (κ1) is 17.6. The molecule has 0 N–H and O–H groups in total. The maximum atomic E-state index is 14.7. The van der Waals surface area contributed by atoms with Gasteiger partial charge in [0.2, 0.25) is 0 Å². The number of hydrogen-bond donors (Lipinski definition) is 0. The van der Waals surface area contributed by atoms with E-state index in [9.17, 15) is 8.78 Å². The molecule has 1 spiro atoms. The van der Waals surface area contributed by atoms with E-state index in [2.05, 4.69) is 28.5 Å². The number of hydrogen-bond acceptors (Lipinski definition) is 3. The van der Waals surface area contributed by atoms with Gasteiger partial charge in [-0.2, -0.15) is 0 Å². The Bertz CT molecular complexity index is 388. The van der Waals surface area contributed by atoms with Crippen LogP contribution < -0.4 is 0 Å². The third-order valence-corrected chi connectivity index (χ3v) is 6.37. The predicted octanol–water partition coefficient (Wildman–Crippen LogP) is 2.77. The molecule has 3 fully saturated rings. The molecule has 0 unspecified atom stereocenters. The standard InChI is InChI=1S/C18H33F2N3/c1-3-8-22-9-5-16(6-10-22)12-23-11-7-17(18(19,20)15-23)13-21(4-2)14-17/h16H,3-15H2,1-2H3. The number of likely N-dealkylation sites (tertiary alicyclic amines) is 3. The lowest BCUT2D eigenvalue weighted by Crippen LogP contribution is -2.70. The summed E-state index contributed by atoms with van der Waals surface area (Å²) in [6.07, 6.45) is 4.23. The number of nitrogens with zero attached hydrogens (tertiary/aromatic N) is 3. The average Bonchev–Trinajstić information content (AvgIpc) is 2.47. The summed E-state index contributed by atoms with van der Waals surface area (Å²) in [6.45, 7) is 11.6. The molecule has 3 saturated heterocycles. The van der Waals surface area contributed by atoms with Crippen molar-refractivity contribution in [2.45, 2.75) is 45.5 Å². The maximum Gasteiger partial charge on any atom is 0.268 e. The van der Waals surface area contributed by atoms with Crippen LogP contribution in [-0.4, -0.2) is 79.5 Å². The van der Waals surface area contributed by atoms with E-state index in [1.165, 1.54) is 25.8 Å². The van der Waals surface area contributed by atoms with E-state index >= 15 is 0 Å². The minimum Gasteiger partial charge on any atom is -0.303 e. The minimum atomic E-state index is -2.51. The molecule has 0 atom stereocenters. The second kappa shape index (κ2) is 6.93. The van der Waals surface area contributed by atoms with Crippen LogP contribution in [0.4, 0.5) is 8.78 Å². The Hall–Kier alpha value is -0.260. The lowest BCUT2D eigenvalue weighted by Gasteiger charge is -2.57. The predicted molar refractivity (Wildman–Crippen MR) is 90.0 cm³/mol. The van der Waals surface area contributed by atoms with Crippen LogP contribution in [0.5, 0.6) is 0 Å². The number of piperidine rings is 2. The number of rotatable bonds is 5. The lowest BCUT2D eigenvalue weighted by atomic mass is 9.69. The zero-order chi connectivity index (χ0) is 16.5. The molecule has 5 heteroatoms. The van der Waals surface area contributed by atoms with Crippen LogP contribution >= 0.6 is 0 Å². The molecule has 0 amide bonds. The minimum absolute atomic E-state index is 0.0142. The number of alkyl halides is 2. The first-order valence-electron chi connectivity index (χ1n) is 9.53. The number of halogens is 2. The first-order valence-corrected chi connectivity index (χ1v) is 9.53. The summed E-state index contributed by atoms with van der Waals surface area (Å²) in [5.41, 5.74) is -0.718. The van der Waals surface area contributed by atoms with E-state index in [1.54, 1.807) is 0 Å². The molecule has 3 aliphatic rings. The molecule has 0 aromatic carbocycles. The molecule has 0 aromatic heterocycles. The SMILES string of the molecule is CCCN1CCC(CN2CCC3(CN(CC)C3)C(F)(F)C2)CC1. The van der Waals surface area contributed by atoms with Crippen LogP contribution in [0.15, 0.2) is 0 Å². The molecular formula is C18H33F2N3.